The van der Waals surface area contributed by atoms with E-state index >= 15 is 0 Å². The molecule has 0 bridgehead atoms. The van der Waals surface area contributed by atoms with Crippen molar-refractivity contribution in [1.29, 1.82) is 0 Å². The van der Waals surface area contributed by atoms with Crippen LogP contribution in [0, 0.1) is 0 Å². The molecule has 0 aliphatic heterocycles. The predicted octanol–water partition coefficient (Wildman–Crippen LogP) is 3.80. The van der Waals surface area contributed by atoms with E-state index in [4.69, 9.17) is 4.74 Å². The SMILES string of the molecule is CC.COc1ccccc1.c1ccncc1. The van der Waals surface area contributed by atoms with Crippen LogP contribution >= 0.6 is 0 Å². The van der Waals surface area contributed by atoms with E-state index in [1.807, 2.05) is 62.4 Å². The molecule has 0 amide bonds. The molecule has 1 aromatic heterocycles. The molecule has 2 aromatic rings. The van der Waals surface area contributed by atoms with Gasteiger partial charge in [-0.2, -0.15) is 0 Å². The molecule has 86 valence electrons. The number of methoxy groups -OCH3 is 1. The number of benzene rings is 1. The van der Waals surface area contributed by atoms with Crippen LogP contribution in [0.15, 0.2) is 60.9 Å². The molecule has 0 atom stereocenters. The maximum Gasteiger partial charge on any atom is 0.118 e. The molecule has 16 heavy (non-hydrogen) atoms. The Kier molecular flexibility index (Phi) is 9.96. The van der Waals surface area contributed by atoms with Gasteiger partial charge in [0.2, 0.25) is 0 Å². The first-order valence-electron chi connectivity index (χ1n) is 5.37. The second-order valence-electron chi connectivity index (χ2n) is 2.54. The van der Waals surface area contributed by atoms with E-state index in [0.29, 0.717) is 0 Å². The fourth-order valence-corrected chi connectivity index (χ4v) is 0.869. The van der Waals surface area contributed by atoms with Gasteiger partial charge in [-0.3, -0.25) is 4.98 Å². The van der Waals surface area contributed by atoms with Crippen molar-refractivity contribution in [3.8, 4) is 5.75 Å². The van der Waals surface area contributed by atoms with E-state index in [1.54, 1.807) is 19.5 Å². The molecule has 0 unspecified atom stereocenters. The van der Waals surface area contributed by atoms with Crippen LogP contribution in [0.1, 0.15) is 13.8 Å². The molecule has 0 saturated carbocycles. The van der Waals surface area contributed by atoms with Crippen LogP contribution in [0.2, 0.25) is 0 Å². The Hall–Kier alpha value is -1.83. The molecule has 0 fully saturated rings. The third-order valence-electron chi connectivity index (χ3n) is 1.55. The zero-order valence-corrected chi connectivity index (χ0v) is 10.1. The molecule has 0 aliphatic carbocycles. The first-order valence-corrected chi connectivity index (χ1v) is 5.37. The second kappa shape index (κ2) is 11.2. The van der Waals surface area contributed by atoms with Crippen molar-refractivity contribution < 1.29 is 4.74 Å². The van der Waals surface area contributed by atoms with Crippen molar-refractivity contribution in [3.63, 3.8) is 0 Å². The van der Waals surface area contributed by atoms with E-state index < -0.39 is 0 Å². The topological polar surface area (TPSA) is 22.1 Å². The van der Waals surface area contributed by atoms with Gasteiger partial charge in [0.05, 0.1) is 7.11 Å². The van der Waals surface area contributed by atoms with E-state index in [0.717, 1.165) is 5.75 Å². The number of hydrogen-bond donors (Lipinski definition) is 0. The average Bonchev–Trinajstić information content (AvgIpc) is 2.44. The van der Waals surface area contributed by atoms with Crippen LogP contribution < -0.4 is 4.74 Å². The molecule has 1 aromatic carbocycles. The van der Waals surface area contributed by atoms with Crippen LogP contribution in [-0.2, 0) is 0 Å². The third-order valence-corrected chi connectivity index (χ3v) is 1.55. The largest absolute Gasteiger partial charge is 0.497 e. The summed E-state index contributed by atoms with van der Waals surface area (Å²) in [6, 6.07) is 15.4. The van der Waals surface area contributed by atoms with Gasteiger partial charge in [-0.05, 0) is 24.3 Å². The number of pyridine rings is 1. The highest BCUT2D eigenvalue weighted by Crippen LogP contribution is 2.05. The maximum absolute atomic E-state index is 4.91. The lowest BCUT2D eigenvalue weighted by Gasteiger charge is -1.93. The van der Waals surface area contributed by atoms with Gasteiger partial charge >= 0.3 is 0 Å². The molecule has 2 rings (SSSR count). The lowest BCUT2D eigenvalue weighted by atomic mass is 10.3. The number of rotatable bonds is 1. The minimum atomic E-state index is 0.910. The van der Waals surface area contributed by atoms with Gasteiger partial charge in [-0.1, -0.05) is 38.1 Å². The molecule has 0 saturated heterocycles. The molecular weight excluding hydrogens is 198 g/mol. The summed E-state index contributed by atoms with van der Waals surface area (Å²) in [6.07, 6.45) is 3.50. The Morgan fingerprint density at radius 3 is 1.56 bits per heavy atom. The molecular formula is C14H19NO. The molecule has 0 radical (unpaired) electrons. The summed E-state index contributed by atoms with van der Waals surface area (Å²) >= 11 is 0. The fourth-order valence-electron chi connectivity index (χ4n) is 0.869. The first-order chi connectivity index (χ1) is 7.93. The van der Waals surface area contributed by atoms with Gasteiger partial charge in [0.25, 0.3) is 0 Å². The summed E-state index contributed by atoms with van der Waals surface area (Å²) < 4.78 is 4.91. The van der Waals surface area contributed by atoms with Crippen LogP contribution in [0.25, 0.3) is 0 Å². The quantitative estimate of drug-likeness (QED) is 0.724. The third kappa shape index (κ3) is 7.56. The molecule has 2 nitrogen and oxygen atoms in total. The number of aromatic nitrogens is 1. The van der Waals surface area contributed by atoms with Crippen LogP contribution in [0.4, 0.5) is 0 Å². The Bertz CT molecular complexity index is 294. The zero-order chi connectivity index (χ0) is 12.1. The van der Waals surface area contributed by atoms with E-state index in [1.165, 1.54) is 0 Å². The van der Waals surface area contributed by atoms with Crippen molar-refractivity contribution >= 4 is 0 Å². The van der Waals surface area contributed by atoms with Gasteiger partial charge in [-0.25, -0.2) is 0 Å². The van der Waals surface area contributed by atoms with Gasteiger partial charge in [0.15, 0.2) is 0 Å². The molecule has 0 spiro atoms. The van der Waals surface area contributed by atoms with Crippen molar-refractivity contribution in [2.24, 2.45) is 0 Å². The Labute approximate surface area is 97.9 Å². The summed E-state index contributed by atoms with van der Waals surface area (Å²) in [5.74, 6) is 0.910. The van der Waals surface area contributed by atoms with Gasteiger partial charge in [0, 0.05) is 12.4 Å². The first kappa shape index (κ1) is 14.2. The maximum atomic E-state index is 4.91. The smallest absolute Gasteiger partial charge is 0.118 e. The summed E-state index contributed by atoms with van der Waals surface area (Å²) in [7, 11) is 1.66. The van der Waals surface area contributed by atoms with E-state index in [9.17, 15) is 0 Å². The summed E-state index contributed by atoms with van der Waals surface area (Å²) in [5, 5.41) is 0. The Balaban J connectivity index is 0.000000251. The van der Waals surface area contributed by atoms with Gasteiger partial charge < -0.3 is 4.74 Å². The highest BCUT2D eigenvalue weighted by molar-refractivity contribution is 5.20. The highest BCUT2D eigenvalue weighted by Gasteiger charge is 1.80. The van der Waals surface area contributed by atoms with Crippen LogP contribution in [-0.4, -0.2) is 12.1 Å². The fraction of sp³-hybridized carbons (Fsp3) is 0.214. The molecule has 1 heterocycles. The number of hydrogen-bond acceptors (Lipinski definition) is 2. The minimum absolute atomic E-state index is 0.910. The second-order valence-corrected chi connectivity index (χ2v) is 2.54. The minimum Gasteiger partial charge on any atom is -0.497 e. The van der Waals surface area contributed by atoms with E-state index in [-0.39, 0.29) is 0 Å². The van der Waals surface area contributed by atoms with Crippen LogP contribution in [0.3, 0.4) is 0 Å². The number of para-hydroxylation sites is 1. The van der Waals surface area contributed by atoms with E-state index in [2.05, 4.69) is 4.98 Å². The molecule has 0 aliphatic rings. The lowest BCUT2D eigenvalue weighted by Crippen LogP contribution is -1.78. The summed E-state index contributed by atoms with van der Waals surface area (Å²) in [5.41, 5.74) is 0. The number of ether oxygens (including phenoxy) is 1. The zero-order valence-electron chi connectivity index (χ0n) is 10.1. The van der Waals surface area contributed by atoms with Crippen molar-refractivity contribution in [1.82, 2.24) is 4.98 Å². The molecule has 2 heteroatoms. The lowest BCUT2D eigenvalue weighted by molar-refractivity contribution is 0.415. The Morgan fingerprint density at radius 1 is 0.812 bits per heavy atom. The van der Waals surface area contributed by atoms with Gasteiger partial charge in [0.1, 0.15) is 5.75 Å². The summed E-state index contributed by atoms with van der Waals surface area (Å²) in [4.78, 5) is 3.78. The summed E-state index contributed by atoms with van der Waals surface area (Å²) in [6.45, 7) is 4.00. The average molecular weight is 217 g/mol. The van der Waals surface area contributed by atoms with Crippen LogP contribution in [0.5, 0.6) is 5.75 Å². The number of nitrogens with zero attached hydrogens (tertiary/aromatic N) is 1. The van der Waals surface area contributed by atoms with Crippen molar-refractivity contribution in [2.75, 3.05) is 7.11 Å². The normalized spacial score (nSPS) is 7.69. The standard InChI is InChI=1S/C7H8O.C5H5N.C2H6/c1-8-7-5-3-2-4-6-7;1-2-4-6-5-3-1;1-2/h2-6H,1H3;1-5H;1-2H3. The Morgan fingerprint density at radius 2 is 1.31 bits per heavy atom. The van der Waals surface area contributed by atoms with Crippen molar-refractivity contribution in [3.05, 3.63) is 60.9 Å². The monoisotopic (exact) mass is 217 g/mol. The highest BCUT2D eigenvalue weighted by atomic mass is 16.5. The predicted molar refractivity (Wildman–Crippen MR) is 68.6 cm³/mol. The van der Waals surface area contributed by atoms with Gasteiger partial charge in [-0.15, -0.1) is 0 Å². The molecule has 0 N–H and O–H groups in total. The van der Waals surface area contributed by atoms with Crippen molar-refractivity contribution in [2.45, 2.75) is 13.8 Å².